The van der Waals surface area contributed by atoms with Crippen LogP contribution in [0.1, 0.15) is 19.5 Å². The highest BCUT2D eigenvalue weighted by molar-refractivity contribution is 7.99. The average Bonchev–Trinajstić information content (AvgIpc) is 2.42. The number of aryl methyl sites for hydroxylation is 1. The van der Waals surface area contributed by atoms with Crippen molar-refractivity contribution in [1.82, 2.24) is 19.8 Å². The number of morpholine rings is 1. The van der Waals surface area contributed by atoms with Gasteiger partial charge in [0, 0.05) is 13.1 Å². The van der Waals surface area contributed by atoms with Gasteiger partial charge in [0.05, 0.1) is 18.0 Å². The Morgan fingerprint density at radius 3 is 2.62 bits per heavy atom. The van der Waals surface area contributed by atoms with Gasteiger partial charge in [0.25, 0.3) is 5.56 Å². The number of nitrogen functional groups attached to an aromatic ring is 1. The summed E-state index contributed by atoms with van der Waals surface area (Å²) >= 11 is 1.11. The van der Waals surface area contributed by atoms with Gasteiger partial charge in [-0.1, -0.05) is 11.8 Å². The molecule has 0 aromatic carbocycles. The molecule has 1 saturated heterocycles. The second-order valence-electron chi connectivity index (χ2n) is 5.09. The molecular formula is C12H19N5O3S. The summed E-state index contributed by atoms with van der Waals surface area (Å²) in [6.07, 6.45) is 0.0455. The zero-order chi connectivity index (χ0) is 15.6. The molecule has 0 aliphatic carbocycles. The van der Waals surface area contributed by atoms with Crippen LogP contribution in [0.4, 0.5) is 0 Å². The van der Waals surface area contributed by atoms with Gasteiger partial charge in [-0.15, -0.1) is 10.2 Å². The molecule has 1 fully saturated rings. The number of amides is 1. The summed E-state index contributed by atoms with van der Waals surface area (Å²) in [5, 5.41) is 7.80. The lowest BCUT2D eigenvalue weighted by atomic mass is 10.2. The summed E-state index contributed by atoms with van der Waals surface area (Å²) in [7, 11) is 0. The number of aromatic nitrogens is 3. The molecule has 1 amide bonds. The molecule has 1 aliphatic rings. The van der Waals surface area contributed by atoms with Crippen molar-refractivity contribution in [2.24, 2.45) is 0 Å². The topological polar surface area (TPSA) is 103 Å². The normalized spacial score (nSPS) is 22.3. The van der Waals surface area contributed by atoms with Crippen LogP contribution in [0.2, 0.25) is 0 Å². The van der Waals surface area contributed by atoms with Crippen molar-refractivity contribution >= 4 is 17.7 Å². The number of thioether (sulfide) groups is 1. The maximum absolute atomic E-state index is 12.2. The fourth-order valence-corrected chi connectivity index (χ4v) is 2.92. The summed E-state index contributed by atoms with van der Waals surface area (Å²) in [6, 6.07) is 0. The molecule has 2 rings (SSSR count). The van der Waals surface area contributed by atoms with E-state index in [4.69, 9.17) is 10.6 Å². The van der Waals surface area contributed by atoms with E-state index >= 15 is 0 Å². The number of hydrogen-bond donors (Lipinski definition) is 1. The van der Waals surface area contributed by atoms with E-state index in [0.717, 1.165) is 16.4 Å². The third-order valence-electron chi connectivity index (χ3n) is 3.12. The Bertz CT molecular complexity index is 581. The van der Waals surface area contributed by atoms with Crippen LogP contribution in [0.3, 0.4) is 0 Å². The third kappa shape index (κ3) is 3.73. The largest absolute Gasteiger partial charge is 0.372 e. The van der Waals surface area contributed by atoms with Crippen molar-refractivity contribution in [1.29, 1.82) is 0 Å². The number of ether oxygens (including phenoxy) is 1. The summed E-state index contributed by atoms with van der Waals surface area (Å²) < 4.78 is 6.51. The summed E-state index contributed by atoms with van der Waals surface area (Å²) in [5.41, 5.74) is -0.183. The molecule has 0 bridgehead atoms. The van der Waals surface area contributed by atoms with E-state index in [1.165, 1.54) is 6.92 Å². The average molecular weight is 313 g/mol. The minimum absolute atomic E-state index is 0.0227. The van der Waals surface area contributed by atoms with Gasteiger partial charge in [-0.25, -0.2) is 0 Å². The van der Waals surface area contributed by atoms with Crippen LogP contribution in [0.15, 0.2) is 9.95 Å². The van der Waals surface area contributed by atoms with E-state index in [-0.39, 0.29) is 34.7 Å². The lowest BCUT2D eigenvalue weighted by Gasteiger charge is -2.35. The van der Waals surface area contributed by atoms with Crippen molar-refractivity contribution < 1.29 is 9.53 Å². The number of hydrogen-bond acceptors (Lipinski definition) is 7. The zero-order valence-electron chi connectivity index (χ0n) is 12.3. The van der Waals surface area contributed by atoms with Crippen molar-refractivity contribution in [3.05, 3.63) is 16.0 Å². The Labute approximate surface area is 126 Å². The van der Waals surface area contributed by atoms with Gasteiger partial charge in [0.15, 0.2) is 0 Å². The van der Waals surface area contributed by atoms with Crippen molar-refractivity contribution in [3.63, 3.8) is 0 Å². The maximum Gasteiger partial charge on any atom is 0.294 e. The van der Waals surface area contributed by atoms with Crippen LogP contribution in [-0.2, 0) is 9.53 Å². The van der Waals surface area contributed by atoms with Crippen LogP contribution in [0.25, 0.3) is 0 Å². The van der Waals surface area contributed by atoms with Crippen LogP contribution >= 0.6 is 11.8 Å². The van der Waals surface area contributed by atoms with E-state index < -0.39 is 5.56 Å². The van der Waals surface area contributed by atoms with Crippen LogP contribution in [0.5, 0.6) is 0 Å². The van der Waals surface area contributed by atoms with Crippen LogP contribution in [0, 0.1) is 6.92 Å². The minimum atomic E-state index is -0.409. The number of nitrogens with two attached hydrogens (primary N) is 1. The third-order valence-corrected chi connectivity index (χ3v) is 4.04. The first-order valence-electron chi connectivity index (χ1n) is 6.66. The molecule has 116 valence electrons. The van der Waals surface area contributed by atoms with Gasteiger partial charge in [0.1, 0.15) is 5.69 Å². The molecule has 1 aromatic heterocycles. The molecule has 0 radical (unpaired) electrons. The minimum Gasteiger partial charge on any atom is -0.372 e. The van der Waals surface area contributed by atoms with E-state index in [1.54, 1.807) is 4.90 Å². The lowest BCUT2D eigenvalue weighted by molar-refractivity contribution is -0.140. The van der Waals surface area contributed by atoms with Crippen LogP contribution < -0.4 is 11.4 Å². The molecule has 0 unspecified atom stereocenters. The molecule has 2 atom stereocenters. The summed E-state index contributed by atoms with van der Waals surface area (Å²) in [5.74, 6) is 5.76. The van der Waals surface area contributed by atoms with Gasteiger partial charge < -0.3 is 15.5 Å². The molecule has 8 nitrogen and oxygen atoms in total. The van der Waals surface area contributed by atoms with Crippen LogP contribution in [-0.4, -0.2) is 56.7 Å². The quantitative estimate of drug-likeness (QED) is 0.586. The van der Waals surface area contributed by atoms with E-state index in [2.05, 4.69) is 10.2 Å². The molecule has 0 saturated carbocycles. The molecule has 0 spiro atoms. The van der Waals surface area contributed by atoms with E-state index in [9.17, 15) is 9.59 Å². The Balaban J connectivity index is 1.98. The number of carbonyl (C=O) groups excluding carboxylic acids is 1. The fraction of sp³-hybridized carbons (Fsp3) is 0.667. The monoisotopic (exact) mass is 313 g/mol. The molecule has 2 N–H and O–H groups in total. The predicted octanol–water partition coefficient (Wildman–Crippen LogP) is -0.612. The zero-order valence-corrected chi connectivity index (χ0v) is 13.1. The van der Waals surface area contributed by atoms with E-state index in [0.29, 0.717) is 13.1 Å². The molecular weight excluding hydrogens is 294 g/mol. The van der Waals surface area contributed by atoms with Crippen molar-refractivity contribution in [3.8, 4) is 0 Å². The molecule has 1 aliphatic heterocycles. The Hall–Kier alpha value is -1.61. The first-order valence-corrected chi connectivity index (χ1v) is 7.64. The maximum atomic E-state index is 12.2. The highest BCUT2D eigenvalue weighted by atomic mass is 32.2. The van der Waals surface area contributed by atoms with Gasteiger partial charge >= 0.3 is 0 Å². The second kappa shape index (κ2) is 6.44. The first-order chi connectivity index (χ1) is 9.88. The van der Waals surface area contributed by atoms with E-state index in [1.807, 2.05) is 13.8 Å². The second-order valence-corrected chi connectivity index (χ2v) is 6.03. The Morgan fingerprint density at radius 1 is 1.38 bits per heavy atom. The van der Waals surface area contributed by atoms with Gasteiger partial charge in [-0.2, -0.15) is 4.68 Å². The Morgan fingerprint density at radius 2 is 2.00 bits per heavy atom. The highest BCUT2D eigenvalue weighted by Gasteiger charge is 2.26. The van der Waals surface area contributed by atoms with Crippen molar-refractivity contribution in [2.45, 2.75) is 38.1 Å². The SMILES string of the molecule is Cc1nnc(SCC(=O)N2C[C@@H](C)O[C@@H](C)C2)n(N)c1=O. The summed E-state index contributed by atoms with van der Waals surface area (Å²) in [4.78, 5) is 25.6. The van der Waals surface area contributed by atoms with Gasteiger partial charge in [0.2, 0.25) is 11.1 Å². The standard InChI is InChI=1S/C12H19N5O3S/c1-7-4-16(5-8(2)20-7)10(18)6-21-12-15-14-9(3)11(19)17(12)13/h7-8H,4-6,13H2,1-3H3/t7-,8+. The summed E-state index contributed by atoms with van der Waals surface area (Å²) in [6.45, 7) is 6.55. The molecule has 1 aromatic rings. The highest BCUT2D eigenvalue weighted by Crippen LogP contribution is 2.15. The molecule has 2 heterocycles. The smallest absolute Gasteiger partial charge is 0.294 e. The Kier molecular flexibility index (Phi) is 4.84. The lowest BCUT2D eigenvalue weighted by Crippen LogP contribution is -2.48. The predicted molar refractivity (Wildman–Crippen MR) is 78.5 cm³/mol. The fourth-order valence-electron chi connectivity index (χ4n) is 2.17. The number of nitrogens with zero attached hydrogens (tertiary/aromatic N) is 4. The van der Waals surface area contributed by atoms with Gasteiger partial charge in [-0.05, 0) is 20.8 Å². The molecule has 21 heavy (non-hydrogen) atoms. The number of carbonyl (C=O) groups is 1. The molecule has 9 heteroatoms. The first kappa shape index (κ1) is 15.8. The van der Waals surface area contributed by atoms with Gasteiger partial charge in [-0.3, -0.25) is 9.59 Å². The van der Waals surface area contributed by atoms with Crippen molar-refractivity contribution in [2.75, 3.05) is 24.7 Å². The number of rotatable bonds is 3.